The van der Waals surface area contributed by atoms with Gasteiger partial charge in [-0.1, -0.05) is 27.6 Å². The van der Waals surface area contributed by atoms with Crippen molar-refractivity contribution < 1.29 is 3.89 Å². The van der Waals surface area contributed by atoms with Gasteiger partial charge in [-0.2, -0.15) is 0 Å². The molecule has 0 saturated heterocycles. The molecular weight excluding hydrogens is 2230 g/mol. The highest BCUT2D eigenvalue weighted by atomic mass is 34.5. The molecule has 0 aliphatic rings. The van der Waals surface area contributed by atoms with E-state index in [1.807, 2.05) is 0 Å². The summed E-state index contributed by atoms with van der Waals surface area (Å²) in [5, 5.41) is -80.8. The molecule has 70 heavy (non-hydrogen) atoms. The van der Waals surface area contributed by atoms with Crippen LogP contribution < -0.4 is 0 Å². The third-order valence-corrected chi connectivity index (χ3v) is 434. The second-order valence-electron chi connectivity index (χ2n) is 9.17. The van der Waals surface area contributed by atoms with E-state index in [-0.39, 0.29) is 0 Å². The Labute approximate surface area is 622 Å². The second-order valence-corrected chi connectivity index (χ2v) is 244. The fourth-order valence-corrected chi connectivity index (χ4v) is 507. The van der Waals surface area contributed by atoms with Crippen molar-refractivity contribution in [1.82, 2.24) is 0 Å². The third kappa shape index (κ3) is 13.7. The predicted octanol–water partition coefficient (Wildman–Crippen LogP) is 0.255. The molecule has 0 saturated carbocycles. The van der Waals surface area contributed by atoms with Crippen LogP contribution in [0.3, 0.4) is 0 Å². The molecule has 0 rings (SSSR count). The molecule has 0 aromatic heterocycles. The molecule has 0 amide bonds. The van der Waals surface area contributed by atoms with Gasteiger partial charge in [0.2, 0.25) is 0 Å². The summed E-state index contributed by atoms with van der Waals surface area (Å²) in [5.41, 5.74) is 0. The Balaban J connectivity index is 8.62. The average molecular weight is 2230 g/mol. The Morgan fingerprint density at radius 2 is 0.243 bits per heavy atom. The van der Waals surface area contributed by atoms with Crippen LogP contribution in [0.4, 0.5) is 3.89 Å². The van der Waals surface area contributed by atoms with Gasteiger partial charge in [0.25, 0.3) is 0 Å². The first kappa shape index (κ1) is 88.1. The van der Waals surface area contributed by atoms with Crippen molar-refractivity contribution in [1.29, 1.82) is 0 Å². The fourth-order valence-electron chi connectivity index (χ4n) is 2.11. The van der Waals surface area contributed by atoms with Crippen LogP contribution in [0.15, 0.2) is 0 Å². The summed E-state index contributed by atoms with van der Waals surface area (Å²) < 4.78 is 15.4. The van der Waals surface area contributed by atoms with Crippen molar-refractivity contribution >= 4 is 638 Å². The highest BCUT2D eigenvalue weighted by molar-refractivity contribution is 9.80. The van der Waals surface area contributed by atoms with Gasteiger partial charge in [-0.25, -0.2) is 22.4 Å². The van der Waals surface area contributed by atoms with Crippen LogP contribution in [-0.2, 0) is 638 Å². The summed E-state index contributed by atoms with van der Waals surface area (Å²) in [6.07, 6.45) is 0. The maximum atomic E-state index is 15.4. The van der Waals surface area contributed by atoms with Crippen molar-refractivity contribution in [3.05, 3.63) is 0 Å². The Hall–Kier alpha value is 18.1. The monoisotopic (exact) mass is 2230 g/mol. The number of rotatable bonds is 22. The smallest absolute Gasteiger partial charge is 0.131 e. The van der Waals surface area contributed by atoms with E-state index in [9.17, 15) is 0 Å². The van der Waals surface area contributed by atoms with E-state index in [0.29, 0.717) is 0 Å². The van der Waals surface area contributed by atoms with E-state index < -0.39 is 123 Å². The molecule has 0 unspecified atom stereocenters. The molecule has 0 aromatic rings. The minimum Gasteiger partial charge on any atom is -0.271 e. The van der Waals surface area contributed by atoms with Gasteiger partial charge >= 0.3 is 0 Å². The maximum absolute atomic E-state index is 15.4. The SMILES string of the molecule is FS(=S)(=S)S(=S)(=S)S(=S)(=S)S(=S)(=S)S(=S)(=S)S(=S)(=S)S(=S)(=S)S(=S)(=S)S(=S)(=S)S(=S)(=S)S(=S)(=S)S(=S)(=S)S(=S)(=S)S(=S)(=S)S(=S)(=S)S(=S)(=S)S(=S)(=S)S(=S)(=S)S(=S)(=S)S(=S)(=S)S(=S)(=S)S(=S)(=S)[S-](=S)=S. The van der Waals surface area contributed by atoms with E-state index >= 15 is 3.89 Å². The summed E-state index contributed by atoms with van der Waals surface area (Å²) in [6.45, 7) is -4.18. The lowest BCUT2D eigenvalue weighted by Gasteiger charge is -2.37. The van der Waals surface area contributed by atoms with E-state index in [4.69, 9.17) is 515 Å². The maximum Gasteiger partial charge on any atom is 0.131 e. The van der Waals surface area contributed by atoms with Crippen LogP contribution >= 0.6 is 0 Å². The lowest BCUT2D eigenvalue weighted by atomic mass is 18.9. The largest absolute Gasteiger partial charge is 0.271 e. The molecule has 0 N–H and O–H groups in total. The number of hydrogen-bond donors (Lipinski definition) is 0. The van der Waals surface area contributed by atoms with Gasteiger partial charge in [0, 0.05) is 99.0 Å². The topological polar surface area (TPSA) is 0 Å². The highest BCUT2D eigenvalue weighted by Crippen LogP contribution is 2.44. The van der Waals surface area contributed by atoms with Gasteiger partial charge in [0.05, 0.1) is 5.21 Å². The first-order valence-electron chi connectivity index (χ1n) is 11.5. The van der Waals surface area contributed by atoms with Crippen molar-refractivity contribution in [2.45, 2.75) is 0 Å². The van der Waals surface area contributed by atoms with Gasteiger partial charge in [0.1, 0.15) is 6.56 Å². The molecule has 0 atom stereocenters. The first-order valence-corrected chi connectivity index (χ1v) is 102. The van der Waals surface area contributed by atoms with Gasteiger partial charge in [0.15, 0.2) is 0 Å². The zero-order valence-electron chi connectivity index (χ0n) is 28.5. The van der Waals surface area contributed by atoms with Gasteiger partial charge in [-0.3, -0.25) is 7.05 Å². The summed E-state index contributed by atoms with van der Waals surface area (Å²) in [7, 11) is -1.56. The lowest BCUT2D eigenvalue weighted by molar-refractivity contribution is 0.944. The Morgan fingerprint density at radius 1 is 0.157 bits per heavy atom. The van der Waals surface area contributed by atoms with E-state index in [2.05, 4.69) is 0 Å². The van der Waals surface area contributed by atoms with Crippen LogP contribution in [0.2, 0.25) is 0 Å². The molecule has 0 fully saturated rings. The molecule has 0 bridgehead atoms. The summed E-state index contributed by atoms with van der Waals surface area (Å²) in [4.78, 5) is 0. The van der Waals surface area contributed by atoms with Gasteiger partial charge in [-0.15, -0.1) is 3.89 Å². The standard InChI is InChI=1S/FS69/c1-49(4,5)51(8,9)53(12,13)55(16,17)57(20,21)59(24,25)61(28,29)63(32,33)65(36,37)67(40,41)69(44,45)70(46,47)68(42,43)66(38,39)64(34,35)62(30,31)60(26,27)58(22,23)56(18,19)54(14,15)52(10,11)50(6,7)48(2)3/q-1. The summed E-state index contributed by atoms with van der Waals surface area (Å²) in [5.74, 6) is 0. The molecule has 0 radical (unpaired) electrons. The second kappa shape index (κ2) is 27.5. The lowest BCUT2D eigenvalue weighted by Crippen LogP contribution is -2.40. The van der Waals surface area contributed by atoms with Gasteiger partial charge in [-0.05, 0) is 470 Å². The molecule has 70 heteroatoms. The van der Waals surface area contributed by atoms with Crippen LogP contribution in [0, 0.1) is 0 Å². The van der Waals surface area contributed by atoms with Gasteiger partial charge < -0.3 is 0 Å². The molecule has 0 aliphatic carbocycles. The Kier molecular flexibility index (Phi) is 34.7. The molecule has 0 aromatic carbocycles. The molecular formula is FS69-. The molecule has 0 spiro atoms. The molecule has 0 heterocycles. The fraction of sp³-hybridized carbons (Fsp3) is 0. The summed E-state index contributed by atoms with van der Waals surface area (Å²) in [6, 6.07) is 0. The van der Waals surface area contributed by atoms with Crippen LogP contribution in [-0.4, -0.2) is 0 Å². The van der Waals surface area contributed by atoms with E-state index in [1.165, 1.54) is 0 Å². The minimum absolute atomic E-state index is 1.56. The minimum atomic E-state index is -4.18. The zero-order valence-corrected chi connectivity index (χ0v) is 84.9. The average Bonchev–Trinajstić information content (AvgIpc) is 3.12. The molecule has 422 valence electrons. The van der Waals surface area contributed by atoms with Crippen molar-refractivity contribution in [2.75, 3.05) is 0 Å². The number of hydrogen-bond acceptors (Lipinski definition) is 47. The van der Waals surface area contributed by atoms with Crippen molar-refractivity contribution in [3.8, 4) is 0 Å². The predicted molar refractivity (Wildman–Crippen MR) is 509 cm³/mol. The highest BCUT2D eigenvalue weighted by Gasteiger charge is 2.48. The van der Waals surface area contributed by atoms with Crippen molar-refractivity contribution in [3.63, 3.8) is 0 Å². The Bertz CT molecular complexity index is 5140. The summed E-state index contributed by atoms with van der Waals surface area (Å²) >= 11 is 269. The van der Waals surface area contributed by atoms with E-state index in [0.717, 1.165) is 0 Å². The van der Waals surface area contributed by atoms with Crippen LogP contribution in [0.5, 0.6) is 0 Å². The van der Waals surface area contributed by atoms with Crippen molar-refractivity contribution in [2.24, 2.45) is 0 Å². The zero-order chi connectivity index (χ0) is 58.6. The third-order valence-electron chi connectivity index (χ3n) is 5.41. The quantitative estimate of drug-likeness (QED) is 0.0827. The van der Waals surface area contributed by atoms with Crippen LogP contribution in [0.1, 0.15) is 0 Å². The Morgan fingerprint density at radius 3 is 0.329 bits per heavy atom. The first-order chi connectivity index (χ1) is 29.2. The molecule has 0 aliphatic heterocycles. The normalized spacial score (nSPS) is 16.8. The van der Waals surface area contributed by atoms with Crippen LogP contribution in [0.25, 0.3) is 0 Å². The van der Waals surface area contributed by atoms with E-state index in [1.54, 1.807) is 0 Å². The number of halogens is 1. The molecule has 0 nitrogen and oxygen atoms in total.